The lowest BCUT2D eigenvalue weighted by Gasteiger charge is -2.34. The number of carbonyl (C=O) groups is 1. The second-order valence-corrected chi connectivity index (χ2v) is 7.50. The first-order valence-corrected chi connectivity index (χ1v) is 8.90. The Balaban J connectivity index is 1.63. The Morgan fingerprint density at radius 2 is 1.71 bits per heavy atom. The molecule has 0 aromatic heterocycles. The van der Waals surface area contributed by atoms with Crippen molar-refractivity contribution in [3.05, 3.63) is 42.0 Å². The summed E-state index contributed by atoms with van der Waals surface area (Å²) in [7, 11) is 0. The summed E-state index contributed by atoms with van der Waals surface area (Å²) in [6, 6.07) is 10.4. The SMILES string of the molecule is CC(C)(C)NC(=O)CCN1CCN(C/C=C/c2ccccc2)CC1. The van der Waals surface area contributed by atoms with Gasteiger partial charge < -0.3 is 10.2 Å². The average molecular weight is 329 g/mol. The number of nitrogens with zero attached hydrogens (tertiary/aromatic N) is 2. The van der Waals surface area contributed by atoms with Crippen molar-refractivity contribution in [1.29, 1.82) is 0 Å². The van der Waals surface area contributed by atoms with Gasteiger partial charge in [0, 0.05) is 51.2 Å². The van der Waals surface area contributed by atoms with E-state index in [1.165, 1.54) is 5.56 Å². The number of benzene rings is 1. The molecule has 0 bridgehead atoms. The topological polar surface area (TPSA) is 35.6 Å². The summed E-state index contributed by atoms with van der Waals surface area (Å²) in [6.07, 6.45) is 5.01. The molecule has 1 aliphatic rings. The van der Waals surface area contributed by atoms with Crippen LogP contribution in [-0.4, -0.2) is 60.5 Å². The summed E-state index contributed by atoms with van der Waals surface area (Å²) in [5, 5.41) is 3.03. The van der Waals surface area contributed by atoms with Crippen molar-refractivity contribution in [2.75, 3.05) is 39.3 Å². The van der Waals surface area contributed by atoms with Gasteiger partial charge >= 0.3 is 0 Å². The molecule has 0 aliphatic carbocycles. The third-order valence-corrected chi connectivity index (χ3v) is 4.11. The number of rotatable bonds is 6. The molecular formula is C20H31N3O. The number of carbonyl (C=O) groups excluding carboxylic acids is 1. The van der Waals surface area contributed by atoms with Crippen molar-refractivity contribution >= 4 is 12.0 Å². The van der Waals surface area contributed by atoms with E-state index in [0.717, 1.165) is 39.3 Å². The van der Waals surface area contributed by atoms with Gasteiger partial charge in [-0.2, -0.15) is 0 Å². The largest absolute Gasteiger partial charge is 0.351 e. The summed E-state index contributed by atoms with van der Waals surface area (Å²) in [5.74, 6) is 0.149. The van der Waals surface area contributed by atoms with Crippen molar-refractivity contribution < 1.29 is 4.79 Å². The van der Waals surface area contributed by atoms with E-state index < -0.39 is 0 Å². The van der Waals surface area contributed by atoms with E-state index in [1.54, 1.807) is 0 Å². The first-order chi connectivity index (χ1) is 11.4. The van der Waals surface area contributed by atoms with Gasteiger partial charge in [0.05, 0.1) is 0 Å². The Morgan fingerprint density at radius 3 is 2.33 bits per heavy atom. The minimum Gasteiger partial charge on any atom is -0.351 e. The molecule has 4 nitrogen and oxygen atoms in total. The zero-order chi connectivity index (χ0) is 17.4. The Labute approximate surface area is 146 Å². The normalized spacial score (nSPS) is 17.3. The van der Waals surface area contributed by atoms with Crippen LogP contribution in [0.25, 0.3) is 6.08 Å². The van der Waals surface area contributed by atoms with Crippen LogP contribution in [0.5, 0.6) is 0 Å². The van der Waals surface area contributed by atoms with Crippen molar-refractivity contribution in [2.24, 2.45) is 0 Å². The molecule has 0 spiro atoms. The van der Waals surface area contributed by atoms with Gasteiger partial charge in [0.25, 0.3) is 0 Å². The zero-order valence-electron chi connectivity index (χ0n) is 15.3. The highest BCUT2D eigenvalue weighted by Crippen LogP contribution is 2.06. The molecule has 1 amide bonds. The predicted octanol–water partition coefficient (Wildman–Crippen LogP) is 2.62. The van der Waals surface area contributed by atoms with Crippen LogP contribution >= 0.6 is 0 Å². The molecule has 132 valence electrons. The molecule has 0 radical (unpaired) electrons. The van der Waals surface area contributed by atoms with Crippen LogP contribution in [-0.2, 0) is 4.79 Å². The summed E-state index contributed by atoms with van der Waals surface area (Å²) in [5.41, 5.74) is 1.11. The lowest BCUT2D eigenvalue weighted by Crippen LogP contribution is -2.48. The Kier molecular flexibility index (Phi) is 7.00. The fraction of sp³-hybridized carbons (Fsp3) is 0.550. The van der Waals surface area contributed by atoms with E-state index in [2.05, 4.69) is 51.5 Å². The molecule has 1 aromatic rings. The molecule has 1 saturated heterocycles. The van der Waals surface area contributed by atoms with Gasteiger partial charge in [0.2, 0.25) is 5.91 Å². The van der Waals surface area contributed by atoms with Crippen LogP contribution in [0.4, 0.5) is 0 Å². The number of piperazine rings is 1. The van der Waals surface area contributed by atoms with Crippen molar-refractivity contribution in [1.82, 2.24) is 15.1 Å². The standard InChI is InChI=1S/C20H31N3O/c1-20(2,3)21-19(24)11-13-23-16-14-22(15-17-23)12-7-10-18-8-5-4-6-9-18/h4-10H,11-17H2,1-3H3,(H,21,24)/b10-7+. The maximum Gasteiger partial charge on any atom is 0.221 e. The van der Waals surface area contributed by atoms with Crippen molar-refractivity contribution in [3.63, 3.8) is 0 Å². The predicted molar refractivity (Wildman–Crippen MR) is 101 cm³/mol. The van der Waals surface area contributed by atoms with Crippen LogP contribution in [0.3, 0.4) is 0 Å². The first kappa shape index (κ1) is 18.7. The molecule has 1 aliphatic heterocycles. The van der Waals surface area contributed by atoms with Crippen LogP contribution < -0.4 is 5.32 Å². The zero-order valence-corrected chi connectivity index (χ0v) is 15.3. The van der Waals surface area contributed by atoms with Gasteiger partial charge in [-0.25, -0.2) is 0 Å². The molecular weight excluding hydrogens is 298 g/mol. The highest BCUT2D eigenvalue weighted by Gasteiger charge is 2.18. The molecule has 2 rings (SSSR count). The quantitative estimate of drug-likeness (QED) is 0.871. The number of hydrogen-bond donors (Lipinski definition) is 1. The lowest BCUT2D eigenvalue weighted by molar-refractivity contribution is -0.122. The summed E-state index contributed by atoms with van der Waals surface area (Å²) in [4.78, 5) is 16.7. The fourth-order valence-corrected chi connectivity index (χ4v) is 2.84. The van der Waals surface area contributed by atoms with Gasteiger partial charge in [0.15, 0.2) is 0 Å². The van der Waals surface area contributed by atoms with E-state index in [0.29, 0.717) is 6.42 Å². The lowest BCUT2D eigenvalue weighted by atomic mass is 10.1. The molecule has 1 aromatic carbocycles. The van der Waals surface area contributed by atoms with Crippen LogP contribution in [0.1, 0.15) is 32.8 Å². The van der Waals surface area contributed by atoms with Crippen molar-refractivity contribution in [2.45, 2.75) is 32.7 Å². The second-order valence-electron chi connectivity index (χ2n) is 7.50. The maximum absolute atomic E-state index is 11.9. The fourth-order valence-electron chi connectivity index (χ4n) is 2.84. The molecule has 1 heterocycles. The molecule has 0 atom stereocenters. The second kappa shape index (κ2) is 9.00. The van der Waals surface area contributed by atoms with Gasteiger partial charge in [0.1, 0.15) is 0 Å². The van der Waals surface area contributed by atoms with E-state index in [1.807, 2.05) is 26.8 Å². The minimum atomic E-state index is -0.138. The molecule has 1 fully saturated rings. The molecule has 0 saturated carbocycles. The van der Waals surface area contributed by atoms with Crippen LogP contribution in [0.15, 0.2) is 36.4 Å². The summed E-state index contributed by atoms with van der Waals surface area (Å²) >= 11 is 0. The highest BCUT2D eigenvalue weighted by molar-refractivity contribution is 5.76. The van der Waals surface area contributed by atoms with Gasteiger partial charge in [-0.1, -0.05) is 42.5 Å². The van der Waals surface area contributed by atoms with E-state index >= 15 is 0 Å². The third kappa shape index (κ3) is 7.28. The molecule has 4 heteroatoms. The molecule has 0 unspecified atom stereocenters. The summed E-state index contributed by atoms with van der Waals surface area (Å²) in [6.45, 7) is 12.1. The van der Waals surface area contributed by atoms with Crippen LogP contribution in [0, 0.1) is 0 Å². The van der Waals surface area contributed by atoms with Gasteiger partial charge in [-0.3, -0.25) is 9.69 Å². The first-order valence-electron chi connectivity index (χ1n) is 8.90. The van der Waals surface area contributed by atoms with Crippen LogP contribution in [0.2, 0.25) is 0 Å². The summed E-state index contributed by atoms with van der Waals surface area (Å²) < 4.78 is 0. The van der Waals surface area contributed by atoms with Gasteiger partial charge in [-0.05, 0) is 26.3 Å². The van der Waals surface area contributed by atoms with E-state index in [9.17, 15) is 4.79 Å². The molecule has 24 heavy (non-hydrogen) atoms. The number of hydrogen-bond acceptors (Lipinski definition) is 3. The van der Waals surface area contributed by atoms with E-state index in [4.69, 9.17) is 0 Å². The van der Waals surface area contributed by atoms with Gasteiger partial charge in [-0.15, -0.1) is 0 Å². The Bertz CT molecular complexity index is 526. The highest BCUT2D eigenvalue weighted by atomic mass is 16.1. The minimum absolute atomic E-state index is 0.138. The number of amides is 1. The van der Waals surface area contributed by atoms with E-state index in [-0.39, 0.29) is 11.4 Å². The number of nitrogens with one attached hydrogen (secondary N) is 1. The Morgan fingerprint density at radius 1 is 1.08 bits per heavy atom. The third-order valence-electron chi connectivity index (χ3n) is 4.11. The molecule has 1 N–H and O–H groups in total. The monoisotopic (exact) mass is 329 g/mol. The average Bonchev–Trinajstić information content (AvgIpc) is 2.53. The maximum atomic E-state index is 11.9. The smallest absolute Gasteiger partial charge is 0.221 e. The Hall–Kier alpha value is -1.65. The van der Waals surface area contributed by atoms with Crippen molar-refractivity contribution in [3.8, 4) is 0 Å².